The molecule has 2 rings (SSSR count). The molecule has 1 heterocycles. The molecule has 1 aliphatic heterocycles. The van der Waals surface area contributed by atoms with Gasteiger partial charge in [-0.25, -0.2) is 0 Å². The number of hydrogen-bond donors (Lipinski definition) is 3. The zero-order chi connectivity index (χ0) is 13.0. The third-order valence-corrected chi connectivity index (χ3v) is 3.01. The number of aliphatic hydroxyl groups is 1. The Kier molecular flexibility index (Phi) is 4.28. The Labute approximate surface area is 106 Å². The summed E-state index contributed by atoms with van der Waals surface area (Å²) in [5, 5.41) is 22.4. The molecule has 1 aromatic rings. The minimum Gasteiger partial charge on any atom is -0.507 e. The summed E-state index contributed by atoms with van der Waals surface area (Å²) in [7, 11) is 0. The second-order valence-electron chi connectivity index (χ2n) is 4.36. The SMILES string of the molecule is CCC(O)CCNCc1cc2c(cc1O)OCO2. The predicted octanol–water partition coefficient (Wildman–Crippen LogP) is 1.37. The lowest BCUT2D eigenvalue weighted by Gasteiger charge is -2.10. The fourth-order valence-electron chi connectivity index (χ4n) is 1.81. The van der Waals surface area contributed by atoms with Gasteiger partial charge in [0.1, 0.15) is 5.75 Å². The van der Waals surface area contributed by atoms with Crippen LogP contribution in [0.5, 0.6) is 17.2 Å². The van der Waals surface area contributed by atoms with Gasteiger partial charge < -0.3 is 25.0 Å². The molecule has 1 atom stereocenters. The molecule has 18 heavy (non-hydrogen) atoms. The molecule has 1 unspecified atom stereocenters. The number of fused-ring (bicyclic) bond motifs is 1. The van der Waals surface area contributed by atoms with E-state index < -0.39 is 0 Å². The summed E-state index contributed by atoms with van der Waals surface area (Å²) in [6.07, 6.45) is 1.21. The molecule has 3 N–H and O–H groups in total. The zero-order valence-electron chi connectivity index (χ0n) is 10.5. The second-order valence-corrected chi connectivity index (χ2v) is 4.36. The second kappa shape index (κ2) is 5.93. The minimum absolute atomic E-state index is 0.197. The van der Waals surface area contributed by atoms with E-state index in [4.69, 9.17) is 9.47 Å². The highest BCUT2D eigenvalue weighted by atomic mass is 16.7. The normalized spacial score (nSPS) is 14.8. The summed E-state index contributed by atoms with van der Waals surface area (Å²) in [5.74, 6) is 1.44. The lowest BCUT2D eigenvalue weighted by Crippen LogP contribution is -2.19. The lowest BCUT2D eigenvalue weighted by molar-refractivity contribution is 0.159. The van der Waals surface area contributed by atoms with Gasteiger partial charge in [0.2, 0.25) is 6.79 Å². The molecule has 5 heteroatoms. The highest BCUT2D eigenvalue weighted by Gasteiger charge is 2.16. The van der Waals surface area contributed by atoms with Crippen molar-refractivity contribution < 1.29 is 19.7 Å². The van der Waals surface area contributed by atoms with Gasteiger partial charge in [0, 0.05) is 18.2 Å². The van der Waals surface area contributed by atoms with Gasteiger partial charge in [-0.3, -0.25) is 0 Å². The molecule has 0 aliphatic carbocycles. The van der Waals surface area contributed by atoms with Crippen molar-refractivity contribution in [2.45, 2.75) is 32.4 Å². The molecule has 0 radical (unpaired) electrons. The Balaban J connectivity index is 1.86. The number of nitrogens with one attached hydrogen (secondary N) is 1. The third-order valence-electron chi connectivity index (χ3n) is 3.01. The van der Waals surface area contributed by atoms with Crippen molar-refractivity contribution in [3.05, 3.63) is 17.7 Å². The van der Waals surface area contributed by atoms with Crippen molar-refractivity contribution in [1.29, 1.82) is 0 Å². The first-order valence-corrected chi connectivity index (χ1v) is 6.21. The summed E-state index contributed by atoms with van der Waals surface area (Å²) < 4.78 is 10.4. The van der Waals surface area contributed by atoms with Crippen LogP contribution in [0.2, 0.25) is 0 Å². The zero-order valence-corrected chi connectivity index (χ0v) is 10.5. The van der Waals surface area contributed by atoms with Crippen LogP contribution in [0, 0.1) is 0 Å². The Bertz CT molecular complexity index is 408. The quantitative estimate of drug-likeness (QED) is 0.668. The molecule has 0 amide bonds. The highest BCUT2D eigenvalue weighted by molar-refractivity contribution is 5.51. The number of phenols is 1. The van der Waals surface area contributed by atoms with Crippen LogP contribution in [0.15, 0.2) is 12.1 Å². The van der Waals surface area contributed by atoms with Gasteiger partial charge in [0.05, 0.1) is 6.10 Å². The van der Waals surface area contributed by atoms with E-state index in [1.165, 1.54) is 0 Å². The van der Waals surface area contributed by atoms with Crippen LogP contribution in [0.25, 0.3) is 0 Å². The maximum Gasteiger partial charge on any atom is 0.231 e. The molecule has 100 valence electrons. The molecule has 1 aliphatic rings. The van der Waals surface area contributed by atoms with Gasteiger partial charge in [0.15, 0.2) is 11.5 Å². The molecular formula is C13H19NO4. The van der Waals surface area contributed by atoms with E-state index in [9.17, 15) is 10.2 Å². The standard InChI is InChI=1S/C13H19NO4/c1-2-10(15)3-4-14-7-9-5-12-13(6-11(9)16)18-8-17-12/h5-6,10,14-16H,2-4,7-8H2,1H3. The monoisotopic (exact) mass is 253 g/mol. The van der Waals surface area contributed by atoms with Crippen molar-refractivity contribution in [2.24, 2.45) is 0 Å². The van der Waals surface area contributed by atoms with E-state index in [0.29, 0.717) is 31.0 Å². The van der Waals surface area contributed by atoms with Crippen LogP contribution in [0.1, 0.15) is 25.3 Å². The highest BCUT2D eigenvalue weighted by Crippen LogP contribution is 2.37. The van der Waals surface area contributed by atoms with E-state index >= 15 is 0 Å². The Hall–Kier alpha value is -1.46. The molecule has 0 saturated heterocycles. The van der Waals surface area contributed by atoms with E-state index in [1.807, 2.05) is 6.92 Å². The van der Waals surface area contributed by atoms with E-state index in [-0.39, 0.29) is 18.6 Å². The first-order chi connectivity index (χ1) is 8.70. The van der Waals surface area contributed by atoms with Crippen LogP contribution in [-0.2, 0) is 6.54 Å². The van der Waals surface area contributed by atoms with E-state index in [1.54, 1.807) is 12.1 Å². The number of aliphatic hydroxyl groups excluding tert-OH is 1. The fraction of sp³-hybridized carbons (Fsp3) is 0.538. The van der Waals surface area contributed by atoms with Gasteiger partial charge in [0.25, 0.3) is 0 Å². The number of rotatable bonds is 6. The number of aromatic hydroxyl groups is 1. The van der Waals surface area contributed by atoms with Crippen LogP contribution < -0.4 is 14.8 Å². The molecular weight excluding hydrogens is 234 g/mol. The van der Waals surface area contributed by atoms with E-state index in [0.717, 1.165) is 12.0 Å². The fourth-order valence-corrected chi connectivity index (χ4v) is 1.81. The maximum absolute atomic E-state index is 9.80. The van der Waals surface area contributed by atoms with Crippen LogP contribution in [-0.4, -0.2) is 29.7 Å². The van der Waals surface area contributed by atoms with Crippen LogP contribution in [0.3, 0.4) is 0 Å². The first-order valence-electron chi connectivity index (χ1n) is 6.21. The van der Waals surface area contributed by atoms with Gasteiger partial charge in [-0.2, -0.15) is 0 Å². The van der Waals surface area contributed by atoms with Crippen LogP contribution >= 0.6 is 0 Å². The summed E-state index contributed by atoms with van der Waals surface area (Å²) >= 11 is 0. The largest absolute Gasteiger partial charge is 0.507 e. The molecule has 0 bridgehead atoms. The lowest BCUT2D eigenvalue weighted by atomic mass is 10.1. The molecule has 0 aromatic heterocycles. The van der Waals surface area contributed by atoms with Gasteiger partial charge in [-0.1, -0.05) is 6.92 Å². The average Bonchev–Trinajstić information content (AvgIpc) is 2.81. The van der Waals surface area contributed by atoms with Gasteiger partial charge in [-0.15, -0.1) is 0 Å². The minimum atomic E-state index is -0.261. The van der Waals surface area contributed by atoms with E-state index in [2.05, 4.69) is 5.32 Å². The summed E-state index contributed by atoms with van der Waals surface area (Å²) in [4.78, 5) is 0. The number of ether oxygens (including phenoxy) is 2. The van der Waals surface area contributed by atoms with Crippen molar-refractivity contribution in [1.82, 2.24) is 5.32 Å². The Morgan fingerprint density at radius 2 is 2.06 bits per heavy atom. The van der Waals surface area contributed by atoms with Crippen molar-refractivity contribution in [3.8, 4) is 17.2 Å². The van der Waals surface area contributed by atoms with Gasteiger partial charge in [-0.05, 0) is 25.5 Å². The number of hydrogen-bond acceptors (Lipinski definition) is 5. The number of phenolic OH excluding ortho intramolecular Hbond substituents is 1. The summed E-state index contributed by atoms with van der Waals surface area (Å²) in [6, 6.07) is 3.35. The predicted molar refractivity (Wildman–Crippen MR) is 66.9 cm³/mol. The number of benzene rings is 1. The Morgan fingerprint density at radius 3 is 2.78 bits per heavy atom. The summed E-state index contributed by atoms with van der Waals surface area (Å²) in [6.45, 7) is 3.41. The smallest absolute Gasteiger partial charge is 0.231 e. The molecule has 5 nitrogen and oxygen atoms in total. The molecule has 0 spiro atoms. The Morgan fingerprint density at radius 1 is 1.33 bits per heavy atom. The van der Waals surface area contributed by atoms with Crippen LogP contribution in [0.4, 0.5) is 0 Å². The first kappa shape index (κ1) is 13.0. The molecule has 0 saturated carbocycles. The maximum atomic E-state index is 9.80. The third kappa shape index (κ3) is 3.05. The van der Waals surface area contributed by atoms with Gasteiger partial charge >= 0.3 is 0 Å². The molecule has 0 fully saturated rings. The van der Waals surface area contributed by atoms with Crippen molar-refractivity contribution >= 4 is 0 Å². The topological polar surface area (TPSA) is 71.0 Å². The average molecular weight is 253 g/mol. The summed E-state index contributed by atoms with van der Waals surface area (Å²) in [5.41, 5.74) is 0.769. The van der Waals surface area contributed by atoms with Crippen molar-refractivity contribution in [3.63, 3.8) is 0 Å². The van der Waals surface area contributed by atoms with Crippen molar-refractivity contribution in [2.75, 3.05) is 13.3 Å². The molecule has 1 aromatic carbocycles.